The Hall–Kier alpha value is -1.94. The number of hydrogen-bond donors (Lipinski definition) is 1. The number of nitrogens with zero attached hydrogens (tertiary/aromatic N) is 2. The van der Waals surface area contributed by atoms with Crippen molar-refractivity contribution in [3.05, 3.63) is 54.1 Å². The minimum absolute atomic E-state index is 0.455. The van der Waals surface area contributed by atoms with Crippen LogP contribution in [0, 0.1) is 0 Å². The van der Waals surface area contributed by atoms with Gasteiger partial charge in [0.25, 0.3) is 0 Å². The number of pyridine rings is 2. The molecule has 0 aliphatic heterocycles. The number of nitrogens with one attached hydrogen (secondary N) is 1. The fourth-order valence-electron chi connectivity index (χ4n) is 1.97. The molecule has 0 radical (unpaired) electrons. The predicted molar refractivity (Wildman–Crippen MR) is 84.3 cm³/mol. The van der Waals surface area contributed by atoms with Crippen molar-refractivity contribution < 1.29 is 4.74 Å². The van der Waals surface area contributed by atoms with E-state index >= 15 is 0 Å². The molecular weight excluding hydrogens is 262 g/mol. The van der Waals surface area contributed by atoms with Crippen LogP contribution in [0.15, 0.2) is 42.9 Å². The Kier molecular flexibility index (Phi) is 6.16. The van der Waals surface area contributed by atoms with Crippen LogP contribution >= 0.6 is 0 Å². The van der Waals surface area contributed by atoms with E-state index in [4.69, 9.17) is 4.74 Å². The average Bonchev–Trinajstić information content (AvgIpc) is 2.51. The summed E-state index contributed by atoms with van der Waals surface area (Å²) in [5.74, 6) is 0.889. The van der Waals surface area contributed by atoms with E-state index in [2.05, 4.69) is 29.1 Å². The summed E-state index contributed by atoms with van der Waals surface area (Å²) < 4.78 is 5.79. The van der Waals surface area contributed by atoms with Gasteiger partial charge in [-0.1, -0.05) is 13.8 Å². The summed E-state index contributed by atoms with van der Waals surface area (Å²) in [6.07, 6.45) is 7.46. The van der Waals surface area contributed by atoms with Crippen LogP contribution in [0.4, 0.5) is 0 Å². The van der Waals surface area contributed by atoms with Crippen LogP contribution in [0.5, 0.6) is 5.75 Å². The van der Waals surface area contributed by atoms with Crippen molar-refractivity contribution in [2.75, 3.05) is 6.61 Å². The lowest BCUT2D eigenvalue weighted by atomic mass is 10.1. The zero-order valence-corrected chi connectivity index (χ0v) is 12.7. The van der Waals surface area contributed by atoms with Gasteiger partial charge in [-0.05, 0) is 36.6 Å². The molecule has 2 rings (SSSR count). The monoisotopic (exact) mass is 285 g/mol. The predicted octanol–water partition coefficient (Wildman–Crippen LogP) is 2.99. The van der Waals surface area contributed by atoms with Crippen molar-refractivity contribution in [2.45, 2.75) is 39.3 Å². The SMILES string of the molecule is CC(C)NCc1cc(OCCCc2ccncc2)ccn1. The van der Waals surface area contributed by atoms with E-state index in [9.17, 15) is 0 Å². The van der Waals surface area contributed by atoms with Crippen molar-refractivity contribution in [2.24, 2.45) is 0 Å². The lowest BCUT2D eigenvalue weighted by Gasteiger charge is -2.10. The summed E-state index contributed by atoms with van der Waals surface area (Å²) in [6.45, 7) is 5.73. The second-order valence-electron chi connectivity index (χ2n) is 5.33. The third-order valence-electron chi connectivity index (χ3n) is 3.11. The topological polar surface area (TPSA) is 47.0 Å². The van der Waals surface area contributed by atoms with E-state index in [1.54, 1.807) is 6.20 Å². The number of aryl methyl sites for hydroxylation is 1. The average molecular weight is 285 g/mol. The number of hydrogen-bond acceptors (Lipinski definition) is 4. The zero-order valence-electron chi connectivity index (χ0n) is 12.7. The third-order valence-corrected chi connectivity index (χ3v) is 3.11. The Bertz CT molecular complexity index is 529. The van der Waals surface area contributed by atoms with Crippen LogP contribution in [-0.2, 0) is 13.0 Å². The molecule has 2 aromatic heterocycles. The fourth-order valence-corrected chi connectivity index (χ4v) is 1.97. The Morgan fingerprint density at radius 1 is 1.14 bits per heavy atom. The van der Waals surface area contributed by atoms with Gasteiger partial charge in [-0.3, -0.25) is 9.97 Å². The molecule has 21 heavy (non-hydrogen) atoms. The molecule has 0 spiro atoms. The van der Waals surface area contributed by atoms with Gasteiger partial charge in [-0.2, -0.15) is 0 Å². The van der Waals surface area contributed by atoms with Crippen LogP contribution in [0.2, 0.25) is 0 Å². The molecule has 0 aliphatic rings. The van der Waals surface area contributed by atoms with Crippen molar-refractivity contribution >= 4 is 0 Å². The number of rotatable bonds is 8. The van der Waals surface area contributed by atoms with E-state index in [-0.39, 0.29) is 0 Å². The van der Waals surface area contributed by atoms with Crippen molar-refractivity contribution in [1.82, 2.24) is 15.3 Å². The lowest BCUT2D eigenvalue weighted by Crippen LogP contribution is -2.22. The molecule has 0 atom stereocenters. The van der Waals surface area contributed by atoms with Gasteiger partial charge in [-0.15, -0.1) is 0 Å². The third kappa shape index (κ3) is 5.92. The maximum atomic E-state index is 5.79. The molecule has 0 unspecified atom stereocenters. The molecular formula is C17H23N3O. The molecule has 0 amide bonds. The summed E-state index contributed by atoms with van der Waals surface area (Å²) >= 11 is 0. The summed E-state index contributed by atoms with van der Waals surface area (Å²) in [7, 11) is 0. The van der Waals surface area contributed by atoms with Crippen molar-refractivity contribution in [3.8, 4) is 5.75 Å². The van der Waals surface area contributed by atoms with Gasteiger partial charge in [-0.25, -0.2) is 0 Å². The fraction of sp³-hybridized carbons (Fsp3) is 0.412. The highest BCUT2D eigenvalue weighted by molar-refractivity contribution is 5.22. The minimum Gasteiger partial charge on any atom is -0.493 e. The first-order chi connectivity index (χ1) is 10.2. The molecule has 112 valence electrons. The van der Waals surface area contributed by atoms with Gasteiger partial charge >= 0.3 is 0 Å². The largest absolute Gasteiger partial charge is 0.493 e. The molecule has 0 saturated carbocycles. The quantitative estimate of drug-likeness (QED) is 0.757. The highest BCUT2D eigenvalue weighted by Gasteiger charge is 2.00. The standard InChI is InChI=1S/C17H23N3O/c1-14(2)20-13-16-12-17(7-10-19-16)21-11-3-4-15-5-8-18-9-6-15/h5-10,12,14,20H,3-4,11,13H2,1-2H3. The van der Waals surface area contributed by atoms with E-state index in [1.165, 1.54) is 5.56 Å². The molecule has 0 aromatic carbocycles. The Labute approximate surface area is 126 Å². The van der Waals surface area contributed by atoms with E-state index in [0.717, 1.165) is 30.8 Å². The maximum Gasteiger partial charge on any atom is 0.122 e. The van der Waals surface area contributed by atoms with Gasteiger partial charge < -0.3 is 10.1 Å². The first-order valence-corrected chi connectivity index (χ1v) is 7.44. The smallest absolute Gasteiger partial charge is 0.122 e. The Balaban J connectivity index is 1.74. The molecule has 0 saturated heterocycles. The van der Waals surface area contributed by atoms with Gasteiger partial charge in [0.1, 0.15) is 5.75 Å². The highest BCUT2D eigenvalue weighted by atomic mass is 16.5. The molecule has 1 N–H and O–H groups in total. The van der Waals surface area contributed by atoms with Gasteiger partial charge in [0.05, 0.1) is 12.3 Å². The van der Waals surface area contributed by atoms with E-state index in [1.807, 2.05) is 36.7 Å². The van der Waals surface area contributed by atoms with Crippen LogP contribution in [0.3, 0.4) is 0 Å². The summed E-state index contributed by atoms with van der Waals surface area (Å²) in [6, 6.07) is 8.45. The maximum absolute atomic E-state index is 5.79. The van der Waals surface area contributed by atoms with Crippen molar-refractivity contribution in [1.29, 1.82) is 0 Å². The van der Waals surface area contributed by atoms with Crippen LogP contribution in [0.25, 0.3) is 0 Å². The second-order valence-corrected chi connectivity index (χ2v) is 5.33. The van der Waals surface area contributed by atoms with Crippen molar-refractivity contribution in [3.63, 3.8) is 0 Å². The lowest BCUT2D eigenvalue weighted by molar-refractivity contribution is 0.310. The first kappa shape index (κ1) is 15.4. The van der Waals surface area contributed by atoms with E-state index < -0.39 is 0 Å². The Morgan fingerprint density at radius 3 is 2.71 bits per heavy atom. The van der Waals surface area contributed by atoms with Gasteiger partial charge in [0.15, 0.2) is 0 Å². The first-order valence-electron chi connectivity index (χ1n) is 7.44. The van der Waals surface area contributed by atoms with Gasteiger partial charge in [0.2, 0.25) is 0 Å². The normalized spacial score (nSPS) is 10.8. The summed E-state index contributed by atoms with van der Waals surface area (Å²) in [5, 5.41) is 3.35. The van der Waals surface area contributed by atoms with Crippen LogP contribution in [-0.4, -0.2) is 22.6 Å². The summed E-state index contributed by atoms with van der Waals surface area (Å²) in [5.41, 5.74) is 2.31. The van der Waals surface area contributed by atoms with Gasteiger partial charge in [0, 0.05) is 37.2 Å². The molecule has 2 heterocycles. The summed E-state index contributed by atoms with van der Waals surface area (Å²) in [4.78, 5) is 8.35. The zero-order chi connectivity index (χ0) is 14.9. The number of aromatic nitrogens is 2. The Morgan fingerprint density at radius 2 is 1.95 bits per heavy atom. The molecule has 0 bridgehead atoms. The molecule has 2 aromatic rings. The highest BCUT2D eigenvalue weighted by Crippen LogP contribution is 2.12. The van der Waals surface area contributed by atoms with Crippen LogP contribution in [0.1, 0.15) is 31.5 Å². The number of ether oxygens (including phenoxy) is 1. The molecule has 0 fully saturated rings. The molecule has 0 aliphatic carbocycles. The van der Waals surface area contributed by atoms with E-state index in [0.29, 0.717) is 12.6 Å². The molecule has 4 heteroatoms. The van der Waals surface area contributed by atoms with Crippen LogP contribution < -0.4 is 10.1 Å². The second kappa shape index (κ2) is 8.37. The minimum atomic E-state index is 0.455. The molecule has 4 nitrogen and oxygen atoms in total.